The van der Waals surface area contributed by atoms with Crippen molar-refractivity contribution in [3.05, 3.63) is 0 Å². The van der Waals surface area contributed by atoms with Gasteiger partial charge in [-0.3, -0.25) is 0 Å². The zero-order chi connectivity index (χ0) is 11.6. The largest absolute Gasteiger partial charge is 0.394 e. The van der Waals surface area contributed by atoms with E-state index in [1.165, 1.54) is 32.2 Å². The first-order valence-corrected chi connectivity index (χ1v) is 6.76. The predicted octanol–water partition coefficient (Wildman–Crippen LogP) is 1.08. The number of rotatable bonds is 8. The Labute approximate surface area is 99.2 Å². The van der Waals surface area contributed by atoms with Crippen LogP contribution in [0.1, 0.15) is 32.6 Å². The minimum absolute atomic E-state index is 0.0368. The molecule has 0 aromatic rings. The Morgan fingerprint density at radius 3 is 2.38 bits per heavy atom. The summed E-state index contributed by atoms with van der Waals surface area (Å²) in [6.45, 7) is 5.85. The van der Waals surface area contributed by atoms with Crippen molar-refractivity contribution in [2.75, 3.05) is 33.3 Å². The van der Waals surface area contributed by atoms with Gasteiger partial charge in [-0.05, 0) is 51.1 Å². The van der Waals surface area contributed by atoms with Gasteiger partial charge in [0.25, 0.3) is 0 Å². The van der Waals surface area contributed by atoms with Gasteiger partial charge in [0.15, 0.2) is 0 Å². The fourth-order valence-corrected chi connectivity index (χ4v) is 2.68. The highest BCUT2D eigenvalue weighted by Gasteiger charge is 2.44. The van der Waals surface area contributed by atoms with Gasteiger partial charge in [-0.1, -0.05) is 6.92 Å². The number of aliphatic hydroxyl groups is 1. The van der Waals surface area contributed by atoms with Crippen LogP contribution in [0.15, 0.2) is 0 Å². The molecule has 3 heteroatoms. The highest BCUT2D eigenvalue weighted by molar-refractivity contribution is 5.02. The van der Waals surface area contributed by atoms with Crippen molar-refractivity contribution in [2.45, 2.75) is 38.1 Å². The van der Waals surface area contributed by atoms with Gasteiger partial charge >= 0.3 is 0 Å². The first-order valence-electron chi connectivity index (χ1n) is 6.76. The van der Waals surface area contributed by atoms with Crippen LogP contribution in [0.25, 0.3) is 0 Å². The number of hydrogen-bond donors (Lipinski definition) is 2. The fraction of sp³-hybridized carbons (Fsp3) is 1.00. The average Bonchev–Trinajstić information content (AvgIpc) is 3.16. The van der Waals surface area contributed by atoms with Gasteiger partial charge in [-0.15, -0.1) is 0 Å². The lowest BCUT2D eigenvalue weighted by atomic mass is 9.93. The van der Waals surface area contributed by atoms with Crippen molar-refractivity contribution in [2.24, 2.45) is 11.8 Å². The normalized spacial score (nSPS) is 24.8. The fourth-order valence-electron chi connectivity index (χ4n) is 2.68. The first-order chi connectivity index (χ1) is 7.74. The minimum Gasteiger partial charge on any atom is -0.394 e. The van der Waals surface area contributed by atoms with E-state index in [1.807, 2.05) is 7.05 Å². The van der Waals surface area contributed by atoms with E-state index >= 15 is 0 Å². The second-order valence-electron chi connectivity index (χ2n) is 5.61. The summed E-state index contributed by atoms with van der Waals surface area (Å²) in [5, 5.41) is 13.1. The predicted molar refractivity (Wildman–Crippen MR) is 66.4 cm³/mol. The van der Waals surface area contributed by atoms with Crippen LogP contribution in [0, 0.1) is 11.8 Å². The Hall–Kier alpha value is -0.120. The Morgan fingerprint density at radius 2 is 2.00 bits per heavy atom. The van der Waals surface area contributed by atoms with Crippen molar-refractivity contribution >= 4 is 0 Å². The Bertz CT molecular complexity index is 220. The second-order valence-corrected chi connectivity index (χ2v) is 5.61. The van der Waals surface area contributed by atoms with Crippen LogP contribution in [0.3, 0.4) is 0 Å². The van der Waals surface area contributed by atoms with Crippen molar-refractivity contribution in [3.63, 3.8) is 0 Å². The third kappa shape index (κ3) is 2.76. The van der Waals surface area contributed by atoms with Gasteiger partial charge in [-0.25, -0.2) is 0 Å². The summed E-state index contributed by atoms with van der Waals surface area (Å²) in [4.78, 5) is 2.52. The molecule has 2 N–H and O–H groups in total. The van der Waals surface area contributed by atoms with E-state index < -0.39 is 0 Å². The molecule has 2 aliphatic carbocycles. The minimum atomic E-state index is -0.0368. The first kappa shape index (κ1) is 12.3. The molecule has 0 aromatic carbocycles. The molecule has 2 fully saturated rings. The van der Waals surface area contributed by atoms with Crippen molar-refractivity contribution in [1.29, 1.82) is 0 Å². The van der Waals surface area contributed by atoms with Crippen LogP contribution in [0.4, 0.5) is 0 Å². The van der Waals surface area contributed by atoms with Crippen LogP contribution in [-0.4, -0.2) is 48.8 Å². The van der Waals surface area contributed by atoms with Crippen LogP contribution >= 0.6 is 0 Å². The maximum atomic E-state index is 9.69. The number of nitrogens with one attached hydrogen (secondary N) is 1. The molecule has 1 atom stereocenters. The van der Waals surface area contributed by atoms with E-state index in [2.05, 4.69) is 17.1 Å². The summed E-state index contributed by atoms with van der Waals surface area (Å²) in [7, 11) is 2.00. The highest BCUT2D eigenvalue weighted by Crippen LogP contribution is 2.40. The molecule has 3 nitrogen and oxygen atoms in total. The molecule has 2 rings (SSSR count). The van der Waals surface area contributed by atoms with Crippen molar-refractivity contribution < 1.29 is 5.11 Å². The monoisotopic (exact) mass is 226 g/mol. The van der Waals surface area contributed by atoms with Gasteiger partial charge in [0.1, 0.15) is 0 Å². The third-order valence-corrected chi connectivity index (χ3v) is 4.31. The topological polar surface area (TPSA) is 35.5 Å². The SMILES string of the molecule is CCN(CC1CC1)CC(CO)(NC)C1CC1. The lowest BCUT2D eigenvalue weighted by Gasteiger charge is -2.37. The maximum absolute atomic E-state index is 9.69. The van der Waals surface area contributed by atoms with E-state index in [1.54, 1.807) is 0 Å². The van der Waals surface area contributed by atoms with Crippen molar-refractivity contribution in [1.82, 2.24) is 10.2 Å². The molecule has 0 heterocycles. The number of hydrogen-bond acceptors (Lipinski definition) is 3. The van der Waals surface area contributed by atoms with Gasteiger partial charge in [0, 0.05) is 13.1 Å². The number of aliphatic hydroxyl groups excluding tert-OH is 1. The summed E-state index contributed by atoms with van der Waals surface area (Å²) >= 11 is 0. The van der Waals surface area contributed by atoms with Gasteiger partial charge in [0.05, 0.1) is 12.1 Å². The molecule has 16 heavy (non-hydrogen) atoms. The molecular weight excluding hydrogens is 200 g/mol. The quantitative estimate of drug-likeness (QED) is 0.650. The van der Waals surface area contributed by atoms with E-state index in [9.17, 15) is 5.11 Å². The summed E-state index contributed by atoms with van der Waals surface area (Å²) in [5.41, 5.74) is -0.0368. The molecule has 1 unspecified atom stereocenters. The van der Waals surface area contributed by atoms with E-state index in [-0.39, 0.29) is 12.1 Å². The Morgan fingerprint density at radius 1 is 1.31 bits per heavy atom. The maximum Gasteiger partial charge on any atom is 0.0628 e. The van der Waals surface area contributed by atoms with E-state index in [0.717, 1.165) is 19.0 Å². The average molecular weight is 226 g/mol. The summed E-state index contributed by atoms with van der Waals surface area (Å²) in [6, 6.07) is 0. The molecule has 0 spiro atoms. The Kier molecular flexibility index (Phi) is 3.88. The molecule has 0 saturated heterocycles. The lowest BCUT2D eigenvalue weighted by molar-refractivity contribution is 0.0968. The van der Waals surface area contributed by atoms with Gasteiger partial charge < -0.3 is 15.3 Å². The molecular formula is C13H26N2O. The van der Waals surface area contributed by atoms with Crippen molar-refractivity contribution in [3.8, 4) is 0 Å². The van der Waals surface area contributed by atoms with Crippen LogP contribution in [0.5, 0.6) is 0 Å². The molecule has 0 bridgehead atoms. The third-order valence-electron chi connectivity index (χ3n) is 4.31. The molecule has 0 amide bonds. The van der Waals surface area contributed by atoms with Crippen LogP contribution in [-0.2, 0) is 0 Å². The second kappa shape index (κ2) is 5.03. The van der Waals surface area contributed by atoms with E-state index in [0.29, 0.717) is 5.92 Å². The number of likely N-dealkylation sites (N-methyl/N-ethyl adjacent to an activating group) is 2. The smallest absolute Gasteiger partial charge is 0.0628 e. The molecule has 0 aromatic heterocycles. The molecule has 94 valence electrons. The van der Waals surface area contributed by atoms with Gasteiger partial charge in [-0.2, -0.15) is 0 Å². The van der Waals surface area contributed by atoms with Crippen LogP contribution < -0.4 is 5.32 Å². The summed E-state index contributed by atoms with van der Waals surface area (Å²) < 4.78 is 0. The summed E-state index contributed by atoms with van der Waals surface area (Å²) in [5.74, 6) is 1.63. The van der Waals surface area contributed by atoms with E-state index in [4.69, 9.17) is 0 Å². The molecule has 0 radical (unpaired) electrons. The summed E-state index contributed by atoms with van der Waals surface area (Å²) in [6.07, 6.45) is 5.38. The molecule has 0 aliphatic heterocycles. The lowest BCUT2D eigenvalue weighted by Crippen LogP contribution is -2.56. The Balaban J connectivity index is 1.90. The zero-order valence-electron chi connectivity index (χ0n) is 10.7. The van der Waals surface area contributed by atoms with Gasteiger partial charge in [0.2, 0.25) is 0 Å². The number of nitrogens with zero attached hydrogens (tertiary/aromatic N) is 1. The standard InChI is InChI=1S/C13H26N2O/c1-3-15(8-11-4-5-11)9-13(10-16,14-2)12-6-7-12/h11-12,14,16H,3-10H2,1-2H3. The molecule has 2 aliphatic rings. The molecule has 2 saturated carbocycles. The van der Waals surface area contributed by atoms with Crippen LogP contribution in [0.2, 0.25) is 0 Å². The zero-order valence-corrected chi connectivity index (χ0v) is 10.7. The highest BCUT2D eigenvalue weighted by atomic mass is 16.3.